The van der Waals surface area contributed by atoms with Crippen molar-refractivity contribution in [2.24, 2.45) is 11.7 Å². The molecule has 1 fully saturated rings. The number of piperidine rings is 1. The number of nitrogens with one attached hydrogen (secondary N) is 1. The van der Waals surface area contributed by atoms with Gasteiger partial charge in [-0.05, 0) is 62.2 Å². The van der Waals surface area contributed by atoms with E-state index < -0.39 is 6.10 Å². The lowest BCUT2D eigenvalue weighted by Gasteiger charge is -2.30. The highest BCUT2D eigenvalue weighted by Gasteiger charge is 2.24. The molecule has 0 saturated carbocycles. The van der Waals surface area contributed by atoms with Gasteiger partial charge in [0.15, 0.2) is 0 Å². The highest BCUT2D eigenvalue weighted by molar-refractivity contribution is 5.95. The number of para-hydroxylation sites is 1. The first kappa shape index (κ1) is 23.5. The van der Waals surface area contributed by atoms with Crippen molar-refractivity contribution >= 4 is 17.5 Å². The van der Waals surface area contributed by atoms with Gasteiger partial charge >= 0.3 is 0 Å². The zero-order valence-corrected chi connectivity index (χ0v) is 19.2. The lowest BCUT2D eigenvalue weighted by Crippen LogP contribution is -2.39. The van der Waals surface area contributed by atoms with Crippen LogP contribution in [0, 0.1) is 5.92 Å². The lowest BCUT2D eigenvalue weighted by atomic mass is 9.96. The summed E-state index contributed by atoms with van der Waals surface area (Å²) in [7, 11) is 0. The molecule has 1 aliphatic rings. The number of benzene rings is 3. The summed E-state index contributed by atoms with van der Waals surface area (Å²) >= 11 is 0. The van der Waals surface area contributed by atoms with Crippen LogP contribution in [0.5, 0.6) is 5.75 Å². The summed E-state index contributed by atoms with van der Waals surface area (Å²) < 4.78 is 6.04. The summed E-state index contributed by atoms with van der Waals surface area (Å²) in [5, 5.41) is 2.99. The van der Waals surface area contributed by atoms with E-state index in [1.54, 1.807) is 0 Å². The van der Waals surface area contributed by atoms with E-state index in [9.17, 15) is 9.59 Å². The molecule has 4 rings (SSSR count). The number of hydrogen-bond donors (Lipinski definition) is 2. The molecule has 3 aromatic rings. The van der Waals surface area contributed by atoms with Crippen LogP contribution in [0.15, 0.2) is 84.9 Å². The molecule has 2 amide bonds. The third-order valence-corrected chi connectivity index (χ3v) is 6.27. The van der Waals surface area contributed by atoms with Gasteiger partial charge in [0.2, 0.25) is 12.0 Å². The number of primary amides is 1. The molecule has 3 aromatic carbocycles. The van der Waals surface area contributed by atoms with E-state index in [1.165, 1.54) is 5.56 Å². The van der Waals surface area contributed by atoms with Crippen LogP contribution in [0.25, 0.3) is 0 Å². The van der Waals surface area contributed by atoms with Crippen LogP contribution in [0.1, 0.15) is 30.1 Å². The van der Waals surface area contributed by atoms with Crippen LogP contribution in [0.4, 0.5) is 5.69 Å². The van der Waals surface area contributed by atoms with E-state index in [0.717, 1.165) is 50.1 Å². The van der Waals surface area contributed by atoms with Gasteiger partial charge in [-0.1, -0.05) is 60.7 Å². The second kappa shape index (κ2) is 11.5. The third kappa shape index (κ3) is 6.45. The van der Waals surface area contributed by atoms with Crippen molar-refractivity contribution in [2.45, 2.75) is 25.4 Å². The molecule has 6 heteroatoms. The van der Waals surface area contributed by atoms with Crippen LogP contribution in [-0.2, 0) is 16.0 Å². The van der Waals surface area contributed by atoms with Gasteiger partial charge in [0.1, 0.15) is 5.75 Å². The normalized spacial score (nSPS) is 15.4. The Morgan fingerprint density at radius 2 is 1.53 bits per heavy atom. The Balaban J connectivity index is 1.34. The van der Waals surface area contributed by atoms with Gasteiger partial charge in [0.05, 0.1) is 0 Å². The van der Waals surface area contributed by atoms with Crippen molar-refractivity contribution in [3.63, 3.8) is 0 Å². The van der Waals surface area contributed by atoms with Crippen molar-refractivity contribution < 1.29 is 14.3 Å². The first-order valence-electron chi connectivity index (χ1n) is 11.8. The monoisotopic (exact) mass is 457 g/mol. The molecule has 1 saturated heterocycles. The van der Waals surface area contributed by atoms with Crippen molar-refractivity contribution in [2.75, 3.05) is 25.0 Å². The molecule has 1 heterocycles. The molecule has 34 heavy (non-hydrogen) atoms. The second-order valence-corrected chi connectivity index (χ2v) is 8.68. The van der Waals surface area contributed by atoms with E-state index in [4.69, 9.17) is 10.5 Å². The first-order valence-corrected chi connectivity index (χ1v) is 11.8. The highest BCUT2D eigenvalue weighted by atomic mass is 16.5. The fourth-order valence-corrected chi connectivity index (χ4v) is 4.23. The van der Waals surface area contributed by atoms with Gasteiger partial charge in [-0.25, -0.2) is 0 Å². The van der Waals surface area contributed by atoms with Crippen LogP contribution < -0.4 is 15.8 Å². The number of carbonyl (C=O) groups excluding carboxylic acids is 2. The van der Waals surface area contributed by atoms with Crippen LogP contribution in [-0.4, -0.2) is 36.3 Å². The van der Waals surface area contributed by atoms with Crippen molar-refractivity contribution in [3.8, 4) is 5.75 Å². The molecule has 1 aliphatic heterocycles. The zero-order valence-electron chi connectivity index (χ0n) is 19.2. The predicted molar refractivity (Wildman–Crippen MR) is 133 cm³/mol. The zero-order chi connectivity index (χ0) is 23.8. The Labute approximate surface area is 200 Å². The molecule has 0 aromatic heterocycles. The number of carbonyl (C=O) groups is 2. The number of anilines is 1. The number of hydrogen-bond acceptors (Lipinski definition) is 4. The van der Waals surface area contributed by atoms with Gasteiger partial charge in [-0.15, -0.1) is 0 Å². The standard InChI is InChI=1S/C28H31N3O3/c29-27(32)23-16-19-31(20-17-23)18-15-21-11-13-24(14-12-21)30-28(33)26(22-7-3-1-4-8-22)34-25-9-5-2-6-10-25/h1-14,23,26H,15-20H2,(H2,29,32)(H,30,33). The van der Waals surface area contributed by atoms with E-state index in [-0.39, 0.29) is 17.7 Å². The van der Waals surface area contributed by atoms with Gasteiger partial charge in [0, 0.05) is 23.7 Å². The van der Waals surface area contributed by atoms with Crippen LogP contribution in [0.2, 0.25) is 0 Å². The molecule has 1 atom stereocenters. The van der Waals surface area contributed by atoms with Gasteiger partial charge in [-0.3, -0.25) is 9.59 Å². The summed E-state index contributed by atoms with van der Waals surface area (Å²) in [4.78, 5) is 26.8. The summed E-state index contributed by atoms with van der Waals surface area (Å²) in [6, 6.07) is 26.8. The average molecular weight is 458 g/mol. The van der Waals surface area contributed by atoms with E-state index >= 15 is 0 Å². The van der Waals surface area contributed by atoms with Gasteiger partial charge in [-0.2, -0.15) is 0 Å². The van der Waals surface area contributed by atoms with Crippen molar-refractivity contribution in [1.82, 2.24) is 4.90 Å². The molecular formula is C28H31N3O3. The molecule has 176 valence electrons. The lowest BCUT2D eigenvalue weighted by molar-refractivity contribution is -0.123. The van der Waals surface area contributed by atoms with Crippen molar-refractivity contribution in [1.29, 1.82) is 0 Å². The smallest absolute Gasteiger partial charge is 0.270 e. The maximum Gasteiger partial charge on any atom is 0.270 e. The fourth-order valence-electron chi connectivity index (χ4n) is 4.23. The predicted octanol–water partition coefficient (Wildman–Crippen LogP) is 4.19. The second-order valence-electron chi connectivity index (χ2n) is 8.68. The highest BCUT2D eigenvalue weighted by Crippen LogP contribution is 2.24. The Morgan fingerprint density at radius 1 is 0.912 bits per heavy atom. The quantitative estimate of drug-likeness (QED) is 0.505. The molecule has 0 spiro atoms. The SMILES string of the molecule is NC(=O)C1CCN(CCc2ccc(NC(=O)C(Oc3ccccc3)c3ccccc3)cc2)CC1. The Morgan fingerprint density at radius 3 is 2.15 bits per heavy atom. The maximum absolute atomic E-state index is 13.1. The Kier molecular flexibility index (Phi) is 7.94. The van der Waals surface area contributed by atoms with Gasteiger partial charge < -0.3 is 20.7 Å². The van der Waals surface area contributed by atoms with Crippen molar-refractivity contribution in [3.05, 3.63) is 96.1 Å². The summed E-state index contributed by atoms with van der Waals surface area (Å²) in [5.74, 6) is 0.257. The minimum absolute atomic E-state index is 0.0183. The van der Waals surface area contributed by atoms with Gasteiger partial charge in [0.25, 0.3) is 5.91 Å². The number of amides is 2. The molecule has 1 unspecified atom stereocenters. The largest absolute Gasteiger partial charge is 0.476 e. The molecule has 0 bridgehead atoms. The molecule has 3 N–H and O–H groups in total. The molecule has 0 aliphatic carbocycles. The van der Waals surface area contributed by atoms with E-state index in [2.05, 4.69) is 10.2 Å². The topological polar surface area (TPSA) is 84.7 Å². The average Bonchev–Trinajstić information content (AvgIpc) is 2.88. The molecule has 6 nitrogen and oxygen atoms in total. The van der Waals surface area contributed by atoms with Crippen LogP contribution >= 0.6 is 0 Å². The first-order chi connectivity index (χ1) is 16.6. The summed E-state index contributed by atoms with van der Waals surface area (Å²) in [5.41, 5.74) is 8.15. The van der Waals surface area contributed by atoms with E-state index in [0.29, 0.717) is 5.75 Å². The maximum atomic E-state index is 13.1. The minimum Gasteiger partial charge on any atom is -0.476 e. The number of likely N-dealkylation sites (tertiary alicyclic amines) is 1. The molecular weight excluding hydrogens is 426 g/mol. The minimum atomic E-state index is -0.758. The number of rotatable bonds is 9. The number of nitrogens with two attached hydrogens (primary N) is 1. The van der Waals surface area contributed by atoms with E-state index in [1.807, 2.05) is 84.9 Å². The summed E-state index contributed by atoms with van der Waals surface area (Å²) in [6.07, 6.45) is 1.84. The molecule has 0 radical (unpaired) electrons. The fraction of sp³-hybridized carbons (Fsp3) is 0.286. The number of ether oxygens (including phenoxy) is 1. The third-order valence-electron chi connectivity index (χ3n) is 6.27. The van der Waals surface area contributed by atoms with Crippen LogP contribution in [0.3, 0.4) is 0 Å². The Bertz CT molecular complexity index is 1060. The Hall–Kier alpha value is -3.64. The summed E-state index contributed by atoms with van der Waals surface area (Å²) in [6.45, 7) is 2.76. The number of nitrogens with zero attached hydrogens (tertiary/aromatic N) is 1.